The topological polar surface area (TPSA) is 0 Å². The van der Waals surface area contributed by atoms with E-state index in [1.807, 2.05) is 0 Å². The average Bonchev–Trinajstić information content (AvgIpc) is 2.15. The van der Waals surface area contributed by atoms with Crippen LogP contribution in [0.25, 0.3) is 0 Å². The van der Waals surface area contributed by atoms with E-state index >= 15 is 0 Å². The summed E-state index contributed by atoms with van der Waals surface area (Å²) in [6.45, 7) is 14.4. The molecule has 0 bridgehead atoms. The third kappa shape index (κ3) is 2.52. The minimum absolute atomic E-state index is 0.845. The van der Waals surface area contributed by atoms with Crippen LogP contribution in [-0.4, -0.2) is 0 Å². The molecule has 1 rings (SSSR count). The Morgan fingerprint density at radius 3 is 2.00 bits per heavy atom. The van der Waals surface area contributed by atoms with Crippen molar-refractivity contribution in [2.24, 2.45) is 35.5 Å². The molecule has 1 aliphatic rings. The zero-order valence-electron chi connectivity index (χ0n) is 10.9. The van der Waals surface area contributed by atoms with Crippen LogP contribution in [0.2, 0.25) is 0 Å². The molecule has 0 aromatic carbocycles. The van der Waals surface area contributed by atoms with Gasteiger partial charge in [-0.25, -0.2) is 0 Å². The lowest BCUT2D eigenvalue weighted by Crippen LogP contribution is -2.34. The molecule has 0 aliphatic heterocycles. The first kappa shape index (κ1) is 12.1. The Balaban J connectivity index is 2.31. The fourth-order valence-corrected chi connectivity index (χ4v) is 2.84. The van der Waals surface area contributed by atoms with Crippen LogP contribution in [0.5, 0.6) is 0 Å². The van der Waals surface area contributed by atoms with Gasteiger partial charge in [-0.2, -0.15) is 0 Å². The largest absolute Gasteiger partial charge is 0.0625 e. The molecule has 1 fully saturated rings. The van der Waals surface area contributed by atoms with Crippen LogP contribution in [0.1, 0.15) is 54.4 Å². The normalized spacial score (nSPS) is 36.6. The maximum Gasteiger partial charge on any atom is -0.0381 e. The second kappa shape index (κ2) is 4.68. The Labute approximate surface area is 90.5 Å². The van der Waals surface area contributed by atoms with E-state index in [4.69, 9.17) is 0 Å². The minimum atomic E-state index is 0.845. The van der Waals surface area contributed by atoms with Crippen molar-refractivity contribution in [2.75, 3.05) is 0 Å². The summed E-state index contributed by atoms with van der Waals surface area (Å²) in [7, 11) is 0. The highest BCUT2D eigenvalue weighted by molar-refractivity contribution is 4.85. The summed E-state index contributed by atoms with van der Waals surface area (Å²) >= 11 is 0. The molecule has 84 valence electrons. The Morgan fingerprint density at radius 2 is 1.64 bits per heavy atom. The predicted molar refractivity (Wildman–Crippen MR) is 64.2 cm³/mol. The summed E-state index contributed by atoms with van der Waals surface area (Å²) in [4.78, 5) is 0. The second-order valence-electron chi connectivity index (χ2n) is 6.15. The van der Waals surface area contributed by atoms with Crippen molar-refractivity contribution in [1.29, 1.82) is 0 Å². The lowest BCUT2D eigenvalue weighted by molar-refractivity contribution is 0.0674. The maximum atomic E-state index is 2.44. The molecule has 0 radical (unpaired) electrons. The number of rotatable bonds is 4. The first-order valence-electron chi connectivity index (χ1n) is 6.43. The van der Waals surface area contributed by atoms with Gasteiger partial charge in [0.2, 0.25) is 0 Å². The summed E-state index contributed by atoms with van der Waals surface area (Å²) in [5, 5.41) is 0. The van der Waals surface area contributed by atoms with Gasteiger partial charge in [-0.15, -0.1) is 0 Å². The van der Waals surface area contributed by atoms with Gasteiger partial charge in [-0.05, 0) is 48.3 Å². The molecule has 0 nitrogen and oxygen atoms in total. The van der Waals surface area contributed by atoms with Gasteiger partial charge < -0.3 is 0 Å². The van der Waals surface area contributed by atoms with Crippen molar-refractivity contribution in [3.8, 4) is 0 Å². The van der Waals surface area contributed by atoms with Crippen LogP contribution >= 0.6 is 0 Å². The highest BCUT2D eigenvalue weighted by Crippen LogP contribution is 2.44. The van der Waals surface area contributed by atoms with E-state index in [1.54, 1.807) is 0 Å². The Morgan fingerprint density at radius 1 is 1.07 bits per heavy atom. The van der Waals surface area contributed by atoms with Gasteiger partial charge in [0.1, 0.15) is 0 Å². The number of hydrogen-bond donors (Lipinski definition) is 0. The van der Waals surface area contributed by atoms with E-state index in [2.05, 4.69) is 41.5 Å². The molecule has 0 heterocycles. The van der Waals surface area contributed by atoms with Gasteiger partial charge in [0.25, 0.3) is 0 Å². The molecular weight excluding hydrogens is 168 g/mol. The SMILES string of the molecule is CC(C)C(C)C(C)CC1CC(C)C1C. The van der Waals surface area contributed by atoms with Crippen molar-refractivity contribution in [1.82, 2.24) is 0 Å². The van der Waals surface area contributed by atoms with E-state index in [0.717, 1.165) is 35.5 Å². The summed E-state index contributed by atoms with van der Waals surface area (Å²) in [6.07, 6.45) is 2.95. The molecule has 1 saturated carbocycles. The lowest BCUT2D eigenvalue weighted by Gasteiger charge is -2.43. The quantitative estimate of drug-likeness (QED) is 0.616. The fraction of sp³-hybridized carbons (Fsp3) is 1.00. The second-order valence-corrected chi connectivity index (χ2v) is 6.15. The van der Waals surface area contributed by atoms with Crippen LogP contribution in [0, 0.1) is 35.5 Å². The first-order valence-corrected chi connectivity index (χ1v) is 6.43. The van der Waals surface area contributed by atoms with Gasteiger partial charge >= 0.3 is 0 Å². The van der Waals surface area contributed by atoms with Crippen LogP contribution in [-0.2, 0) is 0 Å². The van der Waals surface area contributed by atoms with Crippen LogP contribution in [0.4, 0.5) is 0 Å². The van der Waals surface area contributed by atoms with Gasteiger partial charge in [0.05, 0.1) is 0 Å². The first-order chi connectivity index (χ1) is 6.43. The number of hydrogen-bond acceptors (Lipinski definition) is 0. The van der Waals surface area contributed by atoms with Crippen molar-refractivity contribution in [3.05, 3.63) is 0 Å². The summed E-state index contributed by atoms with van der Waals surface area (Å²) < 4.78 is 0. The molecule has 1 aliphatic carbocycles. The van der Waals surface area contributed by atoms with Gasteiger partial charge in [-0.1, -0.05) is 41.5 Å². The molecule has 0 aromatic rings. The van der Waals surface area contributed by atoms with Crippen molar-refractivity contribution < 1.29 is 0 Å². The molecule has 0 spiro atoms. The molecule has 0 amide bonds. The van der Waals surface area contributed by atoms with Crippen molar-refractivity contribution in [3.63, 3.8) is 0 Å². The third-order valence-electron chi connectivity index (χ3n) is 4.94. The van der Waals surface area contributed by atoms with E-state index in [0.29, 0.717) is 0 Å². The zero-order valence-corrected chi connectivity index (χ0v) is 10.9. The highest BCUT2D eigenvalue weighted by atomic mass is 14.4. The average molecular weight is 196 g/mol. The molecular formula is C14H28. The minimum Gasteiger partial charge on any atom is -0.0625 e. The lowest BCUT2D eigenvalue weighted by atomic mass is 9.62. The fourth-order valence-electron chi connectivity index (χ4n) is 2.84. The standard InChI is InChI=1S/C14H28/c1-9(2)12(5)10(3)7-14-8-11(4)13(14)6/h9-14H,7-8H2,1-6H3. The molecule has 0 N–H and O–H groups in total. The third-order valence-corrected chi connectivity index (χ3v) is 4.94. The van der Waals surface area contributed by atoms with Crippen molar-refractivity contribution in [2.45, 2.75) is 54.4 Å². The molecule has 5 atom stereocenters. The van der Waals surface area contributed by atoms with Crippen LogP contribution < -0.4 is 0 Å². The van der Waals surface area contributed by atoms with Crippen molar-refractivity contribution >= 4 is 0 Å². The predicted octanol–water partition coefficient (Wildman–Crippen LogP) is 4.60. The molecule has 5 unspecified atom stereocenters. The smallest absolute Gasteiger partial charge is 0.0381 e. The van der Waals surface area contributed by atoms with Crippen LogP contribution in [0.3, 0.4) is 0 Å². The summed E-state index contributed by atoms with van der Waals surface area (Å²) in [6, 6.07) is 0. The zero-order chi connectivity index (χ0) is 10.9. The molecule has 14 heavy (non-hydrogen) atoms. The van der Waals surface area contributed by atoms with E-state index in [-0.39, 0.29) is 0 Å². The van der Waals surface area contributed by atoms with E-state index < -0.39 is 0 Å². The Bertz CT molecular complexity index is 171. The Kier molecular flexibility index (Phi) is 4.04. The van der Waals surface area contributed by atoms with Gasteiger partial charge in [0, 0.05) is 0 Å². The van der Waals surface area contributed by atoms with Gasteiger partial charge in [-0.3, -0.25) is 0 Å². The van der Waals surface area contributed by atoms with Crippen LogP contribution in [0.15, 0.2) is 0 Å². The maximum absolute atomic E-state index is 2.44. The van der Waals surface area contributed by atoms with E-state index in [9.17, 15) is 0 Å². The summed E-state index contributed by atoms with van der Waals surface area (Å²) in [5.74, 6) is 5.64. The Hall–Kier alpha value is 0. The molecule has 0 heteroatoms. The monoisotopic (exact) mass is 196 g/mol. The molecule has 0 aromatic heterocycles. The molecule has 0 saturated heterocycles. The van der Waals surface area contributed by atoms with Gasteiger partial charge in [0.15, 0.2) is 0 Å². The van der Waals surface area contributed by atoms with E-state index in [1.165, 1.54) is 12.8 Å². The highest BCUT2D eigenvalue weighted by Gasteiger charge is 2.35. The summed E-state index contributed by atoms with van der Waals surface area (Å²) in [5.41, 5.74) is 0.